The van der Waals surface area contributed by atoms with E-state index in [1.807, 2.05) is 18.2 Å². The zero-order valence-corrected chi connectivity index (χ0v) is 13.7. The number of rotatable bonds is 2. The molecule has 1 aromatic carbocycles. The van der Waals surface area contributed by atoms with Crippen molar-refractivity contribution < 1.29 is 4.79 Å². The van der Waals surface area contributed by atoms with Gasteiger partial charge in [0.25, 0.3) is 5.91 Å². The molecule has 1 aliphatic carbocycles. The summed E-state index contributed by atoms with van der Waals surface area (Å²) in [5, 5.41) is 3.10. The predicted molar refractivity (Wildman–Crippen MR) is 90.6 cm³/mol. The Morgan fingerprint density at radius 2 is 2.14 bits per heavy atom. The Morgan fingerprint density at radius 3 is 2.86 bits per heavy atom. The number of fused-ring (bicyclic) bond motifs is 1. The molecule has 0 radical (unpaired) electrons. The van der Waals surface area contributed by atoms with Crippen molar-refractivity contribution >= 4 is 46.9 Å². The van der Waals surface area contributed by atoms with Crippen LogP contribution in [0.5, 0.6) is 0 Å². The highest BCUT2D eigenvalue weighted by molar-refractivity contribution is 7.17. The lowest BCUT2D eigenvalue weighted by Crippen LogP contribution is -2.30. The molecular formula is C15H16Cl2N2OS. The molecule has 1 aromatic heterocycles. The van der Waals surface area contributed by atoms with Crippen LogP contribution in [0, 0.1) is 0 Å². The molecule has 3 nitrogen and oxygen atoms in total. The number of halogens is 2. The average Bonchev–Trinajstić information content (AvgIpc) is 2.85. The van der Waals surface area contributed by atoms with E-state index in [0.29, 0.717) is 9.21 Å². The van der Waals surface area contributed by atoms with E-state index in [-0.39, 0.29) is 24.4 Å². The van der Waals surface area contributed by atoms with Gasteiger partial charge in [0.05, 0.1) is 15.3 Å². The van der Waals surface area contributed by atoms with Crippen LogP contribution in [-0.2, 0) is 6.42 Å². The number of nitrogen functional groups attached to an aromatic ring is 1. The Balaban J connectivity index is 0.00000161. The monoisotopic (exact) mass is 342 g/mol. The molecule has 3 rings (SSSR count). The third-order valence-electron chi connectivity index (χ3n) is 3.58. The lowest BCUT2D eigenvalue weighted by molar-refractivity contribution is 0.0937. The molecule has 1 heterocycles. The maximum Gasteiger partial charge on any atom is 0.261 e. The number of nitrogens with one attached hydrogen (secondary N) is 1. The van der Waals surface area contributed by atoms with Crippen LogP contribution in [-0.4, -0.2) is 5.91 Å². The van der Waals surface area contributed by atoms with Gasteiger partial charge in [-0.05, 0) is 54.7 Å². The first-order valence-corrected chi connectivity index (χ1v) is 7.77. The van der Waals surface area contributed by atoms with E-state index in [9.17, 15) is 4.79 Å². The van der Waals surface area contributed by atoms with Crippen molar-refractivity contribution in [3.8, 4) is 0 Å². The summed E-state index contributed by atoms with van der Waals surface area (Å²) in [6.07, 6.45) is 3.05. The third kappa shape index (κ3) is 3.51. The standard InChI is InChI=1S/C15H15ClN2OS.ClH/c16-14-7-6-13(20-14)15(19)18-12-3-1-2-9-8-10(17)4-5-11(9)12;/h4-8,12H,1-3,17H2,(H,18,19);1H. The van der Waals surface area contributed by atoms with Crippen molar-refractivity contribution in [2.45, 2.75) is 25.3 Å². The molecular weight excluding hydrogens is 327 g/mol. The van der Waals surface area contributed by atoms with E-state index in [1.165, 1.54) is 22.5 Å². The molecule has 0 fully saturated rings. The Bertz CT molecular complexity index is 657. The fourth-order valence-electron chi connectivity index (χ4n) is 2.65. The molecule has 0 bridgehead atoms. The summed E-state index contributed by atoms with van der Waals surface area (Å²) in [5.74, 6) is -0.0587. The zero-order valence-electron chi connectivity index (χ0n) is 11.3. The van der Waals surface area contributed by atoms with Crippen LogP contribution in [0.1, 0.15) is 39.7 Å². The topological polar surface area (TPSA) is 55.1 Å². The molecule has 1 aliphatic rings. The second-order valence-corrected chi connectivity index (χ2v) is 6.70. The minimum Gasteiger partial charge on any atom is -0.399 e. The number of hydrogen-bond donors (Lipinski definition) is 2. The summed E-state index contributed by atoms with van der Waals surface area (Å²) in [4.78, 5) is 12.9. The Labute approximate surface area is 138 Å². The maximum atomic E-state index is 12.2. The normalized spacial score (nSPS) is 16.7. The first kappa shape index (κ1) is 16.1. The number of nitrogens with two attached hydrogens (primary N) is 1. The van der Waals surface area contributed by atoms with Crippen molar-refractivity contribution in [1.82, 2.24) is 5.32 Å². The first-order chi connectivity index (χ1) is 9.63. The summed E-state index contributed by atoms with van der Waals surface area (Å²) in [6, 6.07) is 9.50. The quantitative estimate of drug-likeness (QED) is 0.803. The fourth-order valence-corrected chi connectivity index (χ4v) is 3.60. The lowest BCUT2D eigenvalue weighted by atomic mass is 9.87. The summed E-state index contributed by atoms with van der Waals surface area (Å²) in [5.41, 5.74) is 9.02. The van der Waals surface area contributed by atoms with Gasteiger partial charge < -0.3 is 11.1 Å². The van der Waals surface area contributed by atoms with Gasteiger partial charge in [-0.15, -0.1) is 23.7 Å². The van der Waals surface area contributed by atoms with Gasteiger partial charge in [-0.1, -0.05) is 17.7 Å². The summed E-state index contributed by atoms with van der Waals surface area (Å²) < 4.78 is 0.631. The molecule has 6 heteroatoms. The van der Waals surface area contributed by atoms with Crippen molar-refractivity contribution in [1.29, 1.82) is 0 Å². The maximum absolute atomic E-state index is 12.2. The molecule has 112 valence electrons. The minimum absolute atomic E-state index is 0. The van der Waals surface area contributed by atoms with Crippen LogP contribution in [0.3, 0.4) is 0 Å². The van der Waals surface area contributed by atoms with Crippen LogP contribution in [0.15, 0.2) is 30.3 Å². The molecule has 3 N–H and O–H groups in total. The Hall–Kier alpha value is -1.23. The summed E-state index contributed by atoms with van der Waals surface area (Å²) in [6.45, 7) is 0. The number of hydrogen-bond acceptors (Lipinski definition) is 3. The van der Waals surface area contributed by atoms with Gasteiger partial charge in [0, 0.05) is 5.69 Å². The van der Waals surface area contributed by atoms with E-state index < -0.39 is 0 Å². The number of thiophene rings is 1. The van der Waals surface area contributed by atoms with Gasteiger partial charge in [-0.3, -0.25) is 4.79 Å². The van der Waals surface area contributed by atoms with Crippen molar-refractivity contribution in [2.75, 3.05) is 5.73 Å². The fraction of sp³-hybridized carbons (Fsp3) is 0.267. The van der Waals surface area contributed by atoms with Crippen molar-refractivity contribution in [3.05, 3.63) is 50.7 Å². The Kier molecular flexibility index (Phi) is 5.14. The predicted octanol–water partition coefficient (Wildman–Crippen LogP) is 4.21. The molecule has 0 aliphatic heterocycles. The van der Waals surface area contributed by atoms with Crippen LogP contribution >= 0.6 is 35.3 Å². The summed E-state index contributed by atoms with van der Waals surface area (Å²) >= 11 is 7.17. The van der Waals surface area contributed by atoms with Crippen LogP contribution in [0.2, 0.25) is 4.34 Å². The van der Waals surface area contributed by atoms with Crippen LogP contribution in [0.25, 0.3) is 0 Å². The van der Waals surface area contributed by atoms with E-state index in [1.54, 1.807) is 12.1 Å². The number of benzene rings is 1. The molecule has 1 unspecified atom stereocenters. The number of carbonyl (C=O) groups excluding carboxylic acids is 1. The molecule has 0 spiro atoms. The van der Waals surface area contributed by atoms with Crippen LogP contribution < -0.4 is 11.1 Å². The second kappa shape index (κ2) is 6.69. The molecule has 21 heavy (non-hydrogen) atoms. The third-order valence-corrected chi connectivity index (χ3v) is 4.81. The average molecular weight is 343 g/mol. The highest BCUT2D eigenvalue weighted by Crippen LogP contribution is 2.31. The van der Waals surface area contributed by atoms with Gasteiger partial charge in [0.15, 0.2) is 0 Å². The summed E-state index contributed by atoms with van der Waals surface area (Å²) in [7, 11) is 0. The molecule has 0 saturated heterocycles. The zero-order chi connectivity index (χ0) is 14.1. The van der Waals surface area contributed by atoms with Gasteiger partial charge in [-0.2, -0.15) is 0 Å². The number of aryl methyl sites for hydroxylation is 1. The number of amides is 1. The SMILES string of the molecule is Cl.Nc1ccc2c(c1)CCCC2NC(=O)c1ccc(Cl)s1. The van der Waals surface area contributed by atoms with Gasteiger partial charge in [0.2, 0.25) is 0 Å². The minimum atomic E-state index is -0.0587. The van der Waals surface area contributed by atoms with Crippen molar-refractivity contribution in [3.63, 3.8) is 0 Å². The smallest absolute Gasteiger partial charge is 0.261 e. The van der Waals surface area contributed by atoms with Gasteiger partial charge in [0.1, 0.15) is 0 Å². The molecule has 1 atom stereocenters. The lowest BCUT2D eigenvalue weighted by Gasteiger charge is -2.26. The highest BCUT2D eigenvalue weighted by atomic mass is 35.5. The van der Waals surface area contributed by atoms with E-state index in [0.717, 1.165) is 24.9 Å². The van der Waals surface area contributed by atoms with Gasteiger partial charge in [-0.25, -0.2) is 0 Å². The Morgan fingerprint density at radius 1 is 1.33 bits per heavy atom. The molecule has 0 saturated carbocycles. The second-order valence-electron chi connectivity index (χ2n) is 4.98. The highest BCUT2D eigenvalue weighted by Gasteiger charge is 2.22. The first-order valence-electron chi connectivity index (χ1n) is 6.58. The van der Waals surface area contributed by atoms with Crippen molar-refractivity contribution in [2.24, 2.45) is 0 Å². The molecule has 2 aromatic rings. The van der Waals surface area contributed by atoms with Crippen LogP contribution in [0.4, 0.5) is 5.69 Å². The van der Waals surface area contributed by atoms with E-state index in [4.69, 9.17) is 17.3 Å². The van der Waals surface area contributed by atoms with E-state index in [2.05, 4.69) is 5.32 Å². The molecule has 1 amide bonds. The van der Waals surface area contributed by atoms with E-state index >= 15 is 0 Å². The largest absolute Gasteiger partial charge is 0.399 e. The van der Waals surface area contributed by atoms with Gasteiger partial charge >= 0.3 is 0 Å². The number of carbonyl (C=O) groups is 1. The number of anilines is 1.